The molecule has 0 aliphatic rings. The van der Waals surface area contributed by atoms with Gasteiger partial charge in [-0.2, -0.15) is 9.97 Å². The van der Waals surface area contributed by atoms with E-state index >= 15 is 0 Å². The number of Topliss-reactive ketones (excluding diaryl/α,β-unsaturated/α-hetero) is 1. The molecule has 0 saturated heterocycles. The highest BCUT2D eigenvalue weighted by molar-refractivity contribution is 8.76. The number of benzene rings is 1. The predicted molar refractivity (Wildman–Crippen MR) is 198 cm³/mol. The molecule has 0 fully saturated rings. The molecule has 5 N–H and O–H groups in total. The van der Waals surface area contributed by atoms with Crippen molar-refractivity contribution in [1.29, 1.82) is 0 Å². The van der Waals surface area contributed by atoms with E-state index in [1.807, 2.05) is 12.1 Å². The minimum Gasteiger partial charge on any atom is -0.467 e. The number of pyridine rings is 1. The van der Waals surface area contributed by atoms with Crippen LogP contribution in [0.25, 0.3) is 11.2 Å². The number of nitrogens with one attached hydrogen (secondary N) is 1. The second kappa shape index (κ2) is 18.4. The minimum atomic E-state index is -1.09. The van der Waals surface area contributed by atoms with E-state index in [0.29, 0.717) is 35.3 Å². The molecule has 17 nitrogen and oxygen atoms in total. The van der Waals surface area contributed by atoms with Gasteiger partial charge in [0, 0.05) is 36.4 Å². The van der Waals surface area contributed by atoms with Crippen molar-refractivity contribution in [2.24, 2.45) is 5.92 Å². The number of carbonyl (C=O) groups is 4. The molecule has 3 heterocycles. The van der Waals surface area contributed by atoms with E-state index in [-0.39, 0.29) is 53.3 Å². The number of hydrogen-bond donors (Lipinski definition) is 3. The van der Waals surface area contributed by atoms with Crippen LogP contribution in [0.1, 0.15) is 61.6 Å². The van der Waals surface area contributed by atoms with Crippen LogP contribution >= 0.6 is 21.6 Å². The zero-order chi connectivity index (χ0) is 38.7. The van der Waals surface area contributed by atoms with Crippen molar-refractivity contribution in [3.8, 4) is 0 Å². The molecule has 19 heteroatoms. The van der Waals surface area contributed by atoms with Gasteiger partial charge in [-0.1, -0.05) is 35.1 Å². The lowest BCUT2D eigenvalue weighted by atomic mass is 9.93. The van der Waals surface area contributed by atoms with Crippen LogP contribution in [0.2, 0.25) is 0 Å². The van der Waals surface area contributed by atoms with Crippen LogP contribution in [0, 0.1) is 16.0 Å². The maximum Gasteiger partial charge on any atom is 0.329 e. The van der Waals surface area contributed by atoms with Gasteiger partial charge in [0.1, 0.15) is 11.6 Å². The van der Waals surface area contributed by atoms with Crippen LogP contribution in [0.15, 0.2) is 53.8 Å². The van der Waals surface area contributed by atoms with Gasteiger partial charge in [-0.05, 0) is 62.5 Å². The van der Waals surface area contributed by atoms with Gasteiger partial charge in [0.2, 0.25) is 11.9 Å². The highest BCUT2D eigenvalue weighted by atomic mass is 33.1. The van der Waals surface area contributed by atoms with Crippen LogP contribution in [0.5, 0.6) is 0 Å². The number of ketones is 1. The predicted octanol–water partition coefficient (Wildman–Crippen LogP) is 4.08. The minimum absolute atomic E-state index is 0.00951. The van der Waals surface area contributed by atoms with Crippen LogP contribution in [-0.4, -0.2) is 78.0 Å². The van der Waals surface area contributed by atoms with Crippen molar-refractivity contribution in [1.82, 2.24) is 30.2 Å². The number of methoxy groups -OCH3 is 1. The number of rotatable bonds is 17. The zero-order valence-electron chi connectivity index (χ0n) is 29.4. The van der Waals surface area contributed by atoms with Gasteiger partial charge >= 0.3 is 17.6 Å². The summed E-state index contributed by atoms with van der Waals surface area (Å²) in [7, 11) is 3.23. The maximum atomic E-state index is 13.4. The zero-order valence-corrected chi connectivity index (χ0v) is 31.1. The standard InChI is InChI=1S/C34H39N9O8S2/c1-34(2,3)51-31(46)21(12-14-26(45)40-23(32(47)50-4)18-52-53-30-24(43(48)49)6-5-15-37-30)16-25(44)20-10-7-19(8-11-20)9-13-22-17-38-29-27(39-22)28(35)41-33(36)42-29/h5-8,10-11,15,17,21,23H,9,12-14,16,18H2,1-4H3,(H,40,45)(H4,35,36,38,41,42)/t21-,23+/m1/s1. The molecule has 0 saturated carbocycles. The van der Waals surface area contributed by atoms with Crippen molar-refractivity contribution in [3.05, 3.63) is 75.7 Å². The highest BCUT2D eigenvalue weighted by Crippen LogP contribution is 2.35. The molecule has 4 rings (SSSR count). The first-order chi connectivity index (χ1) is 25.1. The van der Waals surface area contributed by atoms with Gasteiger partial charge in [0.25, 0.3) is 0 Å². The third kappa shape index (κ3) is 12.1. The lowest BCUT2D eigenvalue weighted by molar-refractivity contribution is -0.388. The van der Waals surface area contributed by atoms with E-state index in [1.54, 1.807) is 39.1 Å². The fourth-order valence-electron chi connectivity index (χ4n) is 4.89. The Morgan fingerprint density at radius 2 is 1.74 bits per heavy atom. The second-order valence-corrected chi connectivity index (χ2v) is 15.0. The number of aryl methyl sites for hydroxylation is 2. The largest absolute Gasteiger partial charge is 0.467 e. The van der Waals surface area contributed by atoms with Crippen LogP contribution in [0.3, 0.4) is 0 Å². The fourth-order valence-corrected chi connectivity index (χ4v) is 7.09. The molecule has 1 amide bonds. The van der Waals surface area contributed by atoms with E-state index in [2.05, 4.69) is 30.2 Å². The Kier molecular flexibility index (Phi) is 14.0. The average Bonchev–Trinajstić information content (AvgIpc) is 3.11. The van der Waals surface area contributed by atoms with Crippen molar-refractivity contribution in [2.45, 2.75) is 69.5 Å². The number of fused-ring (bicyclic) bond motifs is 1. The molecule has 0 unspecified atom stereocenters. The number of nitrogens with two attached hydrogens (primary N) is 2. The molecule has 280 valence electrons. The Labute approximate surface area is 312 Å². The van der Waals surface area contributed by atoms with E-state index in [0.717, 1.165) is 27.2 Å². The number of carbonyl (C=O) groups excluding carboxylic acids is 4. The summed E-state index contributed by atoms with van der Waals surface area (Å²) >= 11 is 0. The molecular weight excluding hydrogens is 727 g/mol. The topological polar surface area (TPSA) is 258 Å². The summed E-state index contributed by atoms with van der Waals surface area (Å²) in [4.78, 5) is 83.5. The molecule has 53 heavy (non-hydrogen) atoms. The van der Waals surface area contributed by atoms with E-state index in [4.69, 9.17) is 20.9 Å². The first kappa shape index (κ1) is 40.3. The molecule has 0 aliphatic heterocycles. The molecular formula is C34H39N9O8S2. The van der Waals surface area contributed by atoms with E-state index in [9.17, 15) is 29.3 Å². The quantitative estimate of drug-likeness (QED) is 0.0450. The molecule has 0 radical (unpaired) electrons. The van der Waals surface area contributed by atoms with Crippen molar-refractivity contribution < 1.29 is 33.6 Å². The van der Waals surface area contributed by atoms with Gasteiger partial charge in [-0.15, -0.1) is 0 Å². The number of hydrogen-bond acceptors (Lipinski definition) is 17. The smallest absolute Gasteiger partial charge is 0.329 e. The van der Waals surface area contributed by atoms with E-state index in [1.165, 1.54) is 25.4 Å². The van der Waals surface area contributed by atoms with Gasteiger partial charge in [-0.3, -0.25) is 24.5 Å². The van der Waals surface area contributed by atoms with Gasteiger partial charge in [0.05, 0.1) is 29.8 Å². The molecule has 0 aliphatic carbocycles. The third-order valence-corrected chi connectivity index (χ3v) is 9.77. The lowest BCUT2D eigenvalue weighted by Crippen LogP contribution is -2.43. The van der Waals surface area contributed by atoms with Crippen molar-refractivity contribution >= 4 is 73.8 Å². The maximum absolute atomic E-state index is 13.4. The highest BCUT2D eigenvalue weighted by Gasteiger charge is 2.30. The summed E-state index contributed by atoms with van der Waals surface area (Å²) < 4.78 is 10.4. The number of nitrogens with zero attached hydrogens (tertiary/aromatic N) is 6. The van der Waals surface area contributed by atoms with E-state index < -0.39 is 40.3 Å². The van der Waals surface area contributed by atoms with Crippen LogP contribution in [0.4, 0.5) is 17.5 Å². The Hall–Kier alpha value is -5.43. The van der Waals surface area contributed by atoms with Crippen molar-refractivity contribution in [3.63, 3.8) is 0 Å². The van der Waals surface area contributed by atoms with Crippen LogP contribution in [-0.2, 0) is 36.7 Å². The number of esters is 2. The molecule has 3 aromatic heterocycles. The average molecular weight is 766 g/mol. The second-order valence-electron chi connectivity index (χ2n) is 12.7. The number of nitrogen functional groups attached to an aromatic ring is 2. The SMILES string of the molecule is COC(=O)[C@H](CSSc1ncccc1[N+](=O)[O-])NC(=O)CC[C@H](CC(=O)c1ccc(CCc2cnc3nc(N)nc(N)c3n2)cc1)C(=O)OC(C)(C)C. The summed E-state index contributed by atoms with van der Waals surface area (Å²) in [5.74, 6) is -3.01. The van der Waals surface area contributed by atoms with Gasteiger partial charge in [-0.25, -0.2) is 19.7 Å². The molecule has 1 aromatic carbocycles. The summed E-state index contributed by atoms with van der Waals surface area (Å²) in [5, 5.41) is 14.0. The first-order valence-corrected chi connectivity index (χ1v) is 18.6. The molecule has 0 bridgehead atoms. The third-order valence-electron chi connectivity index (χ3n) is 7.48. The molecule has 4 aromatic rings. The summed E-state index contributed by atoms with van der Waals surface area (Å²) in [6.45, 7) is 5.11. The number of anilines is 2. The van der Waals surface area contributed by atoms with Gasteiger partial charge in [0.15, 0.2) is 27.8 Å². The van der Waals surface area contributed by atoms with Crippen molar-refractivity contribution in [2.75, 3.05) is 24.3 Å². The summed E-state index contributed by atoms with van der Waals surface area (Å²) in [5.41, 5.74) is 13.2. The number of ether oxygens (including phenoxy) is 2. The monoisotopic (exact) mass is 765 g/mol. The van der Waals surface area contributed by atoms with Crippen LogP contribution < -0.4 is 16.8 Å². The number of nitro groups is 1. The Bertz CT molecular complexity index is 1980. The summed E-state index contributed by atoms with van der Waals surface area (Å²) in [6, 6.07) is 8.63. The Morgan fingerprint density at radius 3 is 2.42 bits per heavy atom. The molecule has 2 atom stereocenters. The molecule has 0 spiro atoms. The Balaban J connectivity index is 1.35. The number of aromatic nitrogens is 5. The summed E-state index contributed by atoms with van der Waals surface area (Å²) in [6.07, 6.45) is 3.68. The Morgan fingerprint density at radius 1 is 1.00 bits per heavy atom. The normalized spacial score (nSPS) is 12.5. The van der Waals surface area contributed by atoms with Gasteiger partial charge < -0.3 is 26.3 Å². The fraction of sp³-hybridized carbons (Fsp3) is 0.382. The first-order valence-electron chi connectivity index (χ1n) is 16.3. The lowest BCUT2D eigenvalue weighted by Gasteiger charge is -2.24. The number of amides is 1.